The van der Waals surface area contributed by atoms with Gasteiger partial charge in [-0.25, -0.2) is 0 Å². The van der Waals surface area contributed by atoms with E-state index in [2.05, 4.69) is 15.9 Å². The zero-order valence-corrected chi connectivity index (χ0v) is 10.6. The van der Waals surface area contributed by atoms with Crippen molar-refractivity contribution in [3.63, 3.8) is 0 Å². The molecule has 86 valence electrons. The molecule has 0 spiro atoms. The van der Waals surface area contributed by atoms with Gasteiger partial charge in [-0.15, -0.1) is 0 Å². The monoisotopic (exact) mass is 284 g/mol. The molecule has 0 saturated heterocycles. The number of hydrogen-bond donors (Lipinski definition) is 1. The Hall–Kier alpha value is -0.740. The average Bonchev–Trinajstić information content (AvgIpc) is 2.97. The Morgan fingerprint density at radius 1 is 1.31 bits per heavy atom. The van der Waals surface area contributed by atoms with E-state index in [-0.39, 0.29) is 0 Å². The maximum absolute atomic E-state index is 10.2. The van der Waals surface area contributed by atoms with Crippen molar-refractivity contribution in [1.82, 2.24) is 0 Å². The molecule has 1 aromatic carbocycles. The van der Waals surface area contributed by atoms with Gasteiger partial charge in [0.25, 0.3) is 0 Å². The molecule has 0 atom stereocenters. The lowest BCUT2D eigenvalue weighted by Gasteiger charge is -2.24. The molecule has 1 saturated carbocycles. The van der Waals surface area contributed by atoms with Gasteiger partial charge >= 0.3 is 0 Å². The minimum atomic E-state index is -0.654. The third kappa shape index (κ3) is 1.44. The molecule has 1 aromatic rings. The van der Waals surface area contributed by atoms with Crippen LogP contribution in [0.4, 0.5) is 0 Å². The van der Waals surface area contributed by atoms with Gasteiger partial charge in [0, 0.05) is 5.56 Å². The van der Waals surface area contributed by atoms with E-state index in [1.807, 2.05) is 13.0 Å². The molecule has 0 amide bonds. The van der Waals surface area contributed by atoms with Crippen molar-refractivity contribution < 1.29 is 14.6 Å². The summed E-state index contributed by atoms with van der Waals surface area (Å²) in [5, 5.41) is 10.2. The number of benzene rings is 1. The van der Waals surface area contributed by atoms with Crippen LogP contribution in [0.1, 0.15) is 24.0 Å². The summed E-state index contributed by atoms with van der Waals surface area (Å²) in [6.45, 7) is 3.14. The lowest BCUT2D eigenvalue weighted by molar-refractivity contribution is 0.145. The maximum Gasteiger partial charge on any atom is 0.175 e. The van der Waals surface area contributed by atoms with E-state index in [1.165, 1.54) is 0 Å². The van der Waals surface area contributed by atoms with Crippen molar-refractivity contribution in [3.05, 3.63) is 21.7 Å². The molecule has 4 heteroatoms. The molecule has 2 aliphatic rings. The summed E-state index contributed by atoms with van der Waals surface area (Å²) in [5.41, 5.74) is 1.35. The van der Waals surface area contributed by atoms with Crippen LogP contribution in [-0.4, -0.2) is 18.3 Å². The summed E-state index contributed by atoms with van der Waals surface area (Å²) >= 11 is 3.53. The van der Waals surface area contributed by atoms with Gasteiger partial charge in [-0.3, -0.25) is 0 Å². The predicted octanol–water partition coefficient (Wildman–Crippen LogP) is 2.51. The lowest BCUT2D eigenvalue weighted by atomic mass is 10.0. The second-order valence-electron chi connectivity index (χ2n) is 4.44. The molecule has 1 N–H and O–H groups in total. The van der Waals surface area contributed by atoms with E-state index < -0.39 is 5.60 Å². The van der Waals surface area contributed by atoms with Gasteiger partial charge < -0.3 is 14.6 Å². The highest BCUT2D eigenvalue weighted by Gasteiger charge is 2.45. The Labute approximate surface area is 102 Å². The predicted molar refractivity (Wildman–Crippen MR) is 63.0 cm³/mol. The summed E-state index contributed by atoms with van der Waals surface area (Å²) in [4.78, 5) is 0. The van der Waals surface area contributed by atoms with Gasteiger partial charge in [-0.2, -0.15) is 0 Å². The van der Waals surface area contributed by atoms with Gasteiger partial charge in [-0.1, -0.05) is 0 Å². The van der Waals surface area contributed by atoms with E-state index in [9.17, 15) is 5.11 Å². The van der Waals surface area contributed by atoms with Gasteiger partial charge in [0.05, 0.1) is 10.1 Å². The van der Waals surface area contributed by atoms with Crippen LogP contribution in [-0.2, 0) is 5.60 Å². The van der Waals surface area contributed by atoms with Crippen LogP contribution < -0.4 is 9.47 Å². The molecule has 3 nitrogen and oxygen atoms in total. The molecular formula is C12H13BrO3. The number of ether oxygens (including phenoxy) is 2. The smallest absolute Gasteiger partial charge is 0.175 e. The normalized spacial score (nSPS) is 20.7. The summed E-state index contributed by atoms with van der Waals surface area (Å²) in [7, 11) is 0. The van der Waals surface area contributed by atoms with Crippen LogP contribution in [0, 0.1) is 6.92 Å². The number of aliphatic hydroxyl groups is 1. The summed E-state index contributed by atoms with van der Waals surface area (Å²) < 4.78 is 12.0. The SMILES string of the molecule is Cc1cc2c(c(Br)c1C1(O)CC1)OCCO2. The molecule has 0 aromatic heterocycles. The Bertz CT molecular complexity index is 452. The lowest BCUT2D eigenvalue weighted by Crippen LogP contribution is -2.18. The molecule has 1 aliphatic heterocycles. The number of rotatable bonds is 1. The molecule has 1 aliphatic carbocycles. The third-order valence-corrected chi connectivity index (χ3v) is 3.92. The second kappa shape index (κ2) is 3.37. The van der Waals surface area contributed by atoms with E-state index in [4.69, 9.17) is 9.47 Å². The van der Waals surface area contributed by atoms with E-state index in [0.717, 1.165) is 39.9 Å². The molecule has 3 rings (SSSR count). The number of hydrogen-bond acceptors (Lipinski definition) is 3. The first-order valence-electron chi connectivity index (χ1n) is 5.43. The number of aryl methyl sites for hydroxylation is 1. The fourth-order valence-electron chi connectivity index (χ4n) is 2.21. The van der Waals surface area contributed by atoms with Gasteiger partial charge in [0.1, 0.15) is 13.2 Å². The van der Waals surface area contributed by atoms with E-state index in [1.54, 1.807) is 0 Å². The maximum atomic E-state index is 10.2. The first kappa shape index (κ1) is 10.4. The molecule has 1 fully saturated rings. The van der Waals surface area contributed by atoms with E-state index in [0.29, 0.717) is 13.2 Å². The van der Waals surface area contributed by atoms with Crippen molar-refractivity contribution in [2.75, 3.05) is 13.2 Å². The van der Waals surface area contributed by atoms with E-state index >= 15 is 0 Å². The van der Waals surface area contributed by atoms with Crippen molar-refractivity contribution in [1.29, 1.82) is 0 Å². The number of fused-ring (bicyclic) bond motifs is 1. The standard InChI is InChI=1S/C12H13BrO3/c1-7-6-8-11(16-5-4-15-8)10(13)9(7)12(14)2-3-12/h6,14H,2-5H2,1H3. The van der Waals surface area contributed by atoms with Gasteiger partial charge in [0.2, 0.25) is 0 Å². The molecule has 0 bridgehead atoms. The summed E-state index contributed by atoms with van der Waals surface area (Å²) in [6.07, 6.45) is 1.65. The highest BCUT2D eigenvalue weighted by molar-refractivity contribution is 9.10. The Balaban J connectivity index is 2.18. The molecular weight excluding hydrogens is 272 g/mol. The highest BCUT2D eigenvalue weighted by atomic mass is 79.9. The molecule has 0 unspecified atom stereocenters. The minimum absolute atomic E-state index is 0.562. The fraction of sp³-hybridized carbons (Fsp3) is 0.500. The summed E-state index contributed by atoms with van der Waals surface area (Å²) in [6, 6.07) is 1.95. The fourth-order valence-corrected chi connectivity index (χ4v) is 3.20. The third-order valence-electron chi connectivity index (χ3n) is 3.16. The first-order valence-corrected chi connectivity index (χ1v) is 6.23. The Kier molecular flexibility index (Phi) is 2.20. The van der Waals surface area contributed by atoms with Gasteiger partial charge in [-0.05, 0) is 47.3 Å². The second-order valence-corrected chi connectivity index (χ2v) is 5.23. The topological polar surface area (TPSA) is 38.7 Å². The van der Waals surface area contributed by atoms with Crippen LogP contribution in [0.25, 0.3) is 0 Å². The highest BCUT2D eigenvalue weighted by Crippen LogP contribution is 2.53. The van der Waals surface area contributed by atoms with Crippen LogP contribution >= 0.6 is 15.9 Å². The van der Waals surface area contributed by atoms with Crippen molar-refractivity contribution in [2.24, 2.45) is 0 Å². The quantitative estimate of drug-likeness (QED) is 0.861. The van der Waals surface area contributed by atoms with Crippen LogP contribution in [0.5, 0.6) is 11.5 Å². The molecule has 16 heavy (non-hydrogen) atoms. The van der Waals surface area contributed by atoms with Crippen LogP contribution in [0.3, 0.4) is 0 Å². The Morgan fingerprint density at radius 3 is 2.69 bits per heavy atom. The average molecular weight is 285 g/mol. The number of halogens is 1. The molecule has 0 radical (unpaired) electrons. The largest absolute Gasteiger partial charge is 0.486 e. The van der Waals surface area contributed by atoms with Gasteiger partial charge in [0.15, 0.2) is 11.5 Å². The van der Waals surface area contributed by atoms with Crippen LogP contribution in [0.2, 0.25) is 0 Å². The summed E-state index contributed by atoms with van der Waals surface area (Å²) in [5.74, 6) is 1.50. The van der Waals surface area contributed by atoms with Crippen molar-refractivity contribution in [2.45, 2.75) is 25.4 Å². The van der Waals surface area contributed by atoms with Crippen molar-refractivity contribution in [3.8, 4) is 11.5 Å². The Morgan fingerprint density at radius 2 is 2.00 bits per heavy atom. The zero-order valence-electron chi connectivity index (χ0n) is 9.05. The minimum Gasteiger partial charge on any atom is -0.486 e. The van der Waals surface area contributed by atoms with Crippen LogP contribution in [0.15, 0.2) is 10.5 Å². The first-order chi connectivity index (χ1) is 7.62. The van der Waals surface area contributed by atoms with Crippen molar-refractivity contribution >= 4 is 15.9 Å². The zero-order chi connectivity index (χ0) is 11.3. The molecule has 1 heterocycles.